The molecule has 8 rings (SSSR count). The van der Waals surface area contributed by atoms with Crippen molar-refractivity contribution < 1.29 is 32.2 Å². The summed E-state index contributed by atoms with van der Waals surface area (Å²) in [7, 11) is -0.249. The minimum atomic E-state index is -4.04. The summed E-state index contributed by atoms with van der Waals surface area (Å²) in [5, 5.41) is 1.37. The van der Waals surface area contributed by atoms with Crippen LogP contribution in [0.5, 0.6) is 0 Å². The van der Waals surface area contributed by atoms with Crippen molar-refractivity contribution in [1.29, 1.82) is 0 Å². The molecule has 0 amide bonds. The van der Waals surface area contributed by atoms with Gasteiger partial charge in [-0.3, -0.25) is 9.59 Å². The molecule has 6 atom stereocenters. The van der Waals surface area contributed by atoms with Crippen molar-refractivity contribution in [3.63, 3.8) is 0 Å². The van der Waals surface area contributed by atoms with Crippen molar-refractivity contribution in [2.24, 2.45) is 22.7 Å². The van der Waals surface area contributed by atoms with Crippen molar-refractivity contribution in [1.82, 2.24) is 4.72 Å². The Bertz CT molecular complexity index is 1660. The molecule has 3 aliphatic carbocycles. The van der Waals surface area contributed by atoms with Gasteiger partial charge in [0.15, 0.2) is 6.61 Å². The topological polar surface area (TPSA) is 111 Å². The molecule has 10 heteroatoms. The van der Waals surface area contributed by atoms with E-state index in [1.165, 1.54) is 0 Å². The number of fused-ring (bicyclic) bond motifs is 1. The number of rotatable bonds is 7. The number of sulfonamides is 1. The molecule has 3 saturated heterocycles. The van der Waals surface area contributed by atoms with E-state index in [1.807, 2.05) is 50.2 Å². The molecule has 0 unspecified atom stereocenters. The van der Waals surface area contributed by atoms with E-state index in [2.05, 4.69) is 10.6 Å². The van der Waals surface area contributed by atoms with E-state index < -0.39 is 49.9 Å². The van der Waals surface area contributed by atoms with Gasteiger partial charge < -0.3 is 19.1 Å². The zero-order valence-electron chi connectivity index (χ0n) is 21.1. The lowest BCUT2D eigenvalue weighted by molar-refractivity contribution is -0.164. The molecule has 6 aliphatic rings. The number of esters is 2. The number of ether oxygens (including phenoxy) is 3. The van der Waals surface area contributed by atoms with Crippen LogP contribution in [-0.4, -0.2) is 65.4 Å². The fraction of sp³-hybridized carbons (Fsp3) is 0.429. The van der Waals surface area contributed by atoms with Crippen molar-refractivity contribution in [3.8, 4) is 12.3 Å². The number of benzene rings is 2. The molecule has 1 spiro atoms. The summed E-state index contributed by atoms with van der Waals surface area (Å²) in [5.74, 6) is 0.452. The fourth-order valence-electron chi connectivity index (χ4n) is 8.47. The Morgan fingerprint density at radius 3 is 2.71 bits per heavy atom. The summed E-state index contributed by atoms with van der Waals surface area (Å²) >= 11 is 0. The van der Waals surface area contributed by atoms with E-state index in [0.717, 1.165) is 11.1 Å². The first-order valence-corrected chi connectivity index (χ1v) is 13.9. The maximum Gasteiger partial charge on any atom is 0.320 e. The number of nitrogens with one attached hydrogen (secondary N) is 1. The van der Waals surface area contributed by atoms with Crippen LogP contribution in [0.3, 0.4) is 0 Å². The maximum absolute atomic E-state index is 13.7. The van der Waals surface area contributed by atoms with Crippen LogP contribution in [0.25, 0.3) is 10.8 Å². The Labute approximate surface area is 220 Å². The summed E-state index contributed by atoms with van der Waals surface area (Å²) < 4.78 is 47.6. The van der Waals surface area contributed by atoms with Crippen molar-refractivity contribution in [3.05, 3.63) is 48.0 Å². The van der Waals surface area contributed by atoms with Gasteiger partial charge in [0.25, 0.3) is 0 Å². The Morgan fingerprint density at radius 1 is 1.24 bits per heavy atom. The van der Waals surface area contributed by atoms with E-state index in [1.54, 1.807) is 18.2 Å². The number of cyclic esters (lactones) is 1. The van der Waals surface area contributed by atoms with Gasteiger partial charge in [0, 0.05) is 48.9 Å². The van der Waals surface area contributed by atoms with Crippen LogP contribution < -0.4 is 9.62 Å². The fourth-order valence-corrected chi connectivity index (χ4v) is 9.76. The lowest BCUT2D eigenvalue weighted by atomic mass is 9.64. The quantitative estimate of drug-likeness (QED) is 0.324. The number of hydrogen-bond donors (Lipinski definition) is 1. The summed E-state index contributed by atoms with van der Waals surface area (Å²) in [6, 6.07) is 10.6. The van der Waals surface area contributed by atoms with Crippen LogP contribution >= 0.6 is 0 Å². The van der Waals surface area contributed by atoms with Gasteiger partial charge in [-0.1, -0.05) is 36.3 Å². The summed E-state index contributed by atoms with van der Waals surface area (Å²) in [6.07, 6.45) is 7.31. The molecule has 196 valence electrons. The average molecular weight is 535 g/mol. The first kappa shape index (κ1) is 23.7. The van der Waals surface area contributed by atoms with Crippen LogP contribution in [0.1, 0.15) is 6.92 Å². The highest BCUT2D eigenvalue weighted by atomic mass is 32.2. The molecule has 0 radical (unpaired) electrons. The molecular weight excluding hydrogens is 508 g/mol. The average Bonchev–Trinajstić information content (AvgIpc) is 3.20. The van der Waals surface area contributed by atoms with Gasteiger partial charge in [-0.15, -0.1) is 6.42 Å². The molecule has 2 aromatic rings. The summed E-state index contributed by atoms with van der Waals surface area (Å²) in [6.45, 7) is 1.44. The molecule has 9 nitrogen and oxygen atoms in total. The molecule has 0 aromatic heterocycles. The van der Waals surface area contributed by atoms with Gasteiger partial charge in [-0.05, 0) is 24.6 Å². The van der Waals surface area contributed by atoms with Gasteiger partial charge in [-0.25, -0.2) is 13.1 Å². The van der Waals surface area contributed by atoms with Crippen LogP contribution in [-0.2, 0) is 33.8 Å². The first-order valence-electron chi connectivity index (χ1n) is 12.4. The Hall–Kier alpha value is -3.39. The number of carbonyl (C=O) groups excluding carboxylic acids is 2. The number of anilines is 1. The van der Waals surface area contributed by atoms with Crippen LogP contribution in [0.15, 0.2) is 52.9 Å². The number of hydrogen-bond acceptors (Lipinski definition) is 8. The minimum Gasteiger partial charge on any atom is -0.460 e. The third kappa shape index (κ3) is 2.20. The maximum atomic E-state index is 13.7. The predicted octanol–water partition coefficient (Wildman–Crippen LogP) is 1.62. The highest BCUT2D eigenvalue weighted by Gasteiger charge is 3.09. The molecular formula is C28H26N2O7S. The number of nitrogens with zero attached hydrogens (tertiary/aromatic N) is 1. The Kier molecular flexibility index (Phi) is 4.35. The summed E-state index contributed by atoms with van der Waals surface area (Å²) in [5.41, 5.74) is -3.43. The second kappa shape index (κ2) is 6.97. The normalized spacial score (nSPS) is 37.0. The lowest BCUT2D eigenvalue weighted by Crippen LogP contribution is -2.51. The van der Waals surface area contributed by atoms with Crippen molar-refractivity contribution in [2.45, 2.75) is 23.0 Å². The van der Waals surface area contributed by atoms with Crippen molar-refractivity contribution >= 4 is 38.4 Å². The van der Waals surface area contributed by atoms with Gasteiger partial charge >= 0.3 is 11.9 Å². The Morgan fingerprint density at radius 2 is 1.97 bits per heavy atom. The molecule has 3 aliphatic heterocycles. The molecule has 3 heterocycles. The minimum absolute atomic E-state index is 0.0805. The zero-order chi connectivity index (χ0) is 26.9. The highest BCUT2D eigenvalue weighted by molar-refractivity contribution is 7.89. The SMILES string of the molecule is C#CCOC(=O)[C@]12[C@@H]3[C@@H]4C=C5COC(=O)[C@@]51[C@]4(C)O[C@@]32CNS(=O)(=O)c1cccc2c(N(C)C)cccc12. The monoisotopic (exact) mass is 534 g/mol. The number of terminal acetylenes is 1. The molecule has 2 aromatic carbocycles. The van der Waals surface area contributed by atoms with Gasteiger partial charge in [0.05, 0.1) is 10.5 Å². The standard InChI is InChI=1S/C28H26N2O7S/c1-5-12-35-24(32)28-22-19-13-16-14-36-23(31)27(16,28)25(19,2)37-26(22,28)15-29-38(33,34)21-11-7-8-17-18(21)9-6-10-20(17)30(3)4/h1,6-11,13,19,22,29H,12,14-15H2,2-4H3/t19-,22+,25+,26-,27+,28-/m0/s1. The van der Waals surface area contributed by atoms with E-state index in [0.29, 0.717) is 11.0 Å². The van der Waals surface area contributed by atoms with Crippen LogP contribution in [0.4, 0.5) is 5.69 Å². The first-order chi connectivity index (χ1) is 18.0. The van der Waals surface area contributed by atoms with E-state index >= 15 is 0 Å². The van der Waals surface area contributed by atoms with Gasteiger partial charge in [0.2, 0.25) is 10.0 Å². The van der Waals surface area contributed by atoms with E-state index in [9.17, 15) is 18.0 Å². The van der Waals surface area contributed by atoms with Gasteiger partial charge in [-0.2, -0.15) is 0 Å². The largest absolute Gasteiger partial charge is 0.460 e. The predicted molar refractivity (Wildman–Crippen MR) is 136 cm³/mol. The molecule has 2 saturated carbocycles. The highest BCUT2D eigenvalue weighted by Crippen LogP contribution is 2.95. The second-order valence-corrected chi connectivity index (χ2v) is 12.8. The molecule has 5 fully saturated rings. The van der Waals surface area contributed by atoms with Crippen LogP contribution in [0, 0.1) is 35.0 Å². The van der Waals surface area contributed by atoms with Crippen molar-refractivity contribution in [2.75, 3.05) is 38.8 Å². The second-order valence-electron chi connectivity index (χ2n) is 11.1. The van der Waals surface area contributed by atoms with E-state index in [4.69, 9.17) is 20.6 Å². The summed E-state index contributed by atoms with van der Waals surface area (Å²) in [4.78, 5) is 29.1. The number of carbonyl (C=O) groups is 2. The molecule has 1 N–H and O–H groups in total. The molecule has 6 bridgehead atoms. The van der Waals surface area contributed by atoms with Crippen LogP contribution in [0.2, 0.25) is 0 Å². The Balaban J connectivity index is 1.29. The van der Waals surface area contributed by atoms with E-state index in [-0.39, 0.29) is 30.6 Å². The lowest BCUT2D eigenvalue weighted by Gasteiger charge is -2.33. The third-order valence-electron chi connectivity index (χ3n) is 9.57. The zero-order valence-corrected chi connectivity index (χ0v) is 21.9. The van der Waals surface area contributed by atoms with Gasteiger partial charge in [0.1, 0.15) is 23.0 Å². The molecule has 38 heavy (non-hydrogen) atoms. The smallest absolute Gasteiger partial charge is 0.320 e. The third-order valence-corrected chi connectivity index (χ3v) is 11.0.